The molecule has 2 atom stereocenters. The molecular weight excluding hydrogens is 600 g/mol. The summed E-state index contributed by atoms with van der Waals surface area (Å²) in [6, 6.07) is 7.61. The van der Waals surface area contributed by atoms with Crippen molar-refractivity contribution in [1.29, 1.82) is 0 Å². The van der Waals surface area contributed by atoms with Crippen LogP contribution in [0.4, 0.5) is 0 Å². The molecule has 2 aliphatic carbocycles. The maximum Gasteiger partial charge on any atom is 0.254 e. The highest BCUT2D eigenvalue weighted by Gasteiger charge is 2.56. The zero-order chi connectivity index (χ0) is 28.6. The number of carbonyl (C=O) groups excluding carboxylic acids is 1. The number of benzene rings is 2. The van der Waals surface area contributed by atoms with Gasteiger partial charge in [0.15, 0.2) is 16.4 Å². The highest BCUT2D eigenvalue weighted by molar-refractivity contribution is 9.10. The van der Waals surface area contributed by atoms with E-state index in [-0.39, 0.29) is 38.8 Å². The Kier molecular flexibility index (Phi) is 6.52. The molecule has 2 aromatic carbocycles. The fraction of sp³-hybridized carbons (Fsp3) is 0.429. The molecule has 6 rings (SSSR count). The van der Waals surface area contributed by atoms with Crippen LogP contribution in [0.2, 0.25) is 0 Å². The molecule has 2 heterocycles. The lowest BCUT2D eigenvalue weighted by atomic mass is 9.76. The molecule has 40 heavy (non-hydrogen) atoms. The number of piperazine rings is 1. The smallest absolute Gasteiger partial charge is 0.254 e. The van der Waals surface area contributed by atoms with E-state index >= 15 is 0 Å². The molecular formula is C28H31BrN4O6S. The van der Waals surface area contributed by atoms with Crippen molar-refractivity contribution in [2.24, 2.45) is 11.1 Å². The Morgan fingerprint density at radius 2 is 1.88 bits per heavy atom. The van der Waals surface area contributed by atoms with Crippen molar-refractivity contribution in [2.75, 3.05) is 47.4 Å². The van der Waals surface area contributed by atoms with E-state index in [1.807, 2.05) is 19.2 Å². The summed E-state index contributed by atoms with van der Waals surface area (Å²) in [5.74, 6) is 0.607. The Morgan fingerprint density at radius 3 is 2.48 bits per heavy atom. The molecule has 0 bridgehead atoms. The van der Waals surface area contributed by atoms with Crippen molar-refractivity contribution < 1.29 is 27.2 Å². The minimum atomic E-state index is -4.32. The molecule has 0 radical (unpaired) electrons. The number of carbonyl (C=O) groups is 1. The minimum absolute atomic E-state index is 0.0699. The lowest BCUT2D eigenvalue weighted by Gasteiger charge is -2.33. The average Bonchev–Trinajstić information content (AvgIpc) is 3.36. The number of likely N-dealkylation sites (N-methyl/N-ethyl adjacent to an activating group) is 1. The van der Waals surface area contributed by atoms with Crippen LogP contribution in [-0.2, 0) is 21.9 Å². The van der Waals surface area contributed by atoms with E-state index in [1.54, 1.807) is 4.90 Å². The summed E-state index contributed by atoms with van der Waals surface area (Å²) < 4.78 is 43.8. The summed E-state index contributed by atoms with van der Waals surface area (Å²) >= 11 is 3.59. The molecule has 1 spiro atoms. The third kappa shape index (κ3) is 4.15. The number of nitrogens with two attached hydrogens (primary N) is 1. The monoisotopic (exact) mass is 630 g/mol. The SMILES string of the molecule is COc1cc(C(=O)N2CCN(C)CC2)c(-c2noc3c2C[C@@]2(C[C@@H]2C)c2ccc(Br)cc2-3)c(OC)c1S(N)(=O)=O. The van der Waals surface area contributed by atoms with Gasteiger partial charge in [-0.3, -0.25) is 4.79 Å². The van der Waals surface area contributed by atoms with Crippen LogP contribution in [0.3, 0.4) is 0 Å². The lowest BCUT2D eigenvalue weighted by molar-refractivity contribution is 0.0664. The Morgan fingerprint density at radius 1 is 1.18 bits per heavy atom. The second-order valence-electron chi connectivity index (χ2n) is 11.0. The molecule has 2 fully saturated rings. The van der Waals surface area contributed by atoms with Crippen LogP contribution in [0.15, 0.2) is 38.2 Å². The highest BCUT2D eigenvalue weighted by atomic mass is 79.9. The molecule has 1 aliphatic heterocycles. The molecule has 12 heteroatoms. The number of ether oxygens (including phenoxy) is 2. The largest absolute Gasteiger partial charge is 0.495 e. The molecule has 1 saturated heterocycles. The van der Waals surface area contributed by atoms with Gasteiger partial charge in [0.2, 0.25) is 10.0 Å². The Labute approximate surface area is 241 Å². The van der Waals surface area contributed by atoms with E-state index in [2.05, 4.69) is 39.0 Å². The first-order chi connectivity index (χ1) is 19.0. The first kappa shape index (κ1) is 27.3. The zero-order valence-corrected chi connectivity index (χ0v) is 25.2. The molecule has 3 aliphatic rings. The number of hydrogen-bond donors (Lipinski definition) is 1. The van der Waals surface area contributed by atoms with E-state index in [1.165, 1.54) is 25.8 Å². The number of nitrogens with zero attached hydrogens (tertiary/aromatic N) is 3. The maximum absolute atomic E-state index is 14.1. The second-order valence-corrected chi connectivity index (χ2v) is 13.4. The van der Waals surface area contributed by atoms with E-state index in [0.29, 0.717) is 36.9 Å². The van der Waals surface area contributed by atoms with Crippen LogP contribution < -0.4 is 14.6 Å². The standard InChI is InChI=1S/C28H31BrN4O6S/c1-15-13-28(15)14-19-23(31-39-24(19)17-11-16(29)5-6-20(17)28)22-18(27(34)33-9-7-32(2)8-10-33)12-21(37-3)26(25(22)38-4)40(30,35)36/h5-6,11-12,15H,7-10,13-14H2,1-4H3,(H2,30,35,36)/t15-,28+/m0/s1. The van der Waals surface area contributed by atoms with E-state index in [9.17, 15) is 13.2 Å². The van der Waals surface area contributed by atoms with Gasteiger partial charge in [-0.1, -0.05) is 34.1 Å². The van der Waals surface area contributed by atoms with Crippen molar-refractivity contribution in [3.05, 3.63) is 45.4 Å². The van der Waals surface area contributed by atoms with Gasteiger partial charge in [0, 0.05) is 47.2 Å². The van der Waals surface area contributed by atoms with E-state index < -0.39 is 10.0 Å². The van der Waals surface area contributed by atoms with E-state index in [4.69, 9.17) is 19.1 Å². The van der Waals surface area contributed by atoms with Gasteiger partial charge in [-0.05, 0) is 49.6 Å². The maximum atomic E-state index is 14.1. The molecule has 1 amide bonds. The highest BCUT2D eigenvalue weighted by Crippen LogP contribution is 2.63. The number of aromatic nitrogens is 1. The van der Waals surface area contributed by atoms with Gasteiger partial charge >= 0.3 is 0 Å². The van der Waals surface area contributed by atoms with Gasteiger partial charge in [-0.15, -0.1) is 0 Å². The average molecular weight is 632 g/mol. The predicted molar refractivity (Wildman–Crippen MR) is 152 cm³/mol. The summed E-state index contributed by atoms with van der Waals surface area (Å²) in [6.07, 6.45) is 1.64. The first-order valence-corrected chi connectivity index (χ1v) is 15.4. The van der Waals surface area contributed by atoms with Crippen molar-refractivity contribution in [3.63, 3.8) is 0 Å². The number of hydrogen-bond acceptors (Lipinski definition) is 8. The van der Waals surface area contributed by atoms with Crippen LogP contribution in [0.25, 0.3) is 22.6 Å². The van der Waals surface area contributed by atoms with Crippen molar-refractivity contribution in [1.82, 2.24) is 15.0 Å². The van der Waals surface area contributed by atoms with Gasteiger partial charge in [0.05, 0.1) is 25.3 Å². The van der Waals surface area contributed by atoms with Crippen molar-refractivity contribution >= 4 is 31.9 Å². The Balaban J connectivity index is 1.62. The second kappa shape index (κ2) is 9.57. The number of halogens is 1. The molecule has 0 unspecified atom stereocenters. The fourth-order valence-corrected chi connectivity index (χ4v) is 7.58. The number of methoxy groups -OCH3 is 2. The molecule has 2 N–H and O–H groups in total. The molecule has 1 saturated carbocycles. The number of primary sulfonamides is 1. The molecule has 212 valence electrons. The zero-order valence-electron chi connectivity index (χ0n) is 22.8. The number of fused-ring (bicyclic) bond motifs is 4. The van der Waals surface area contributed by atoms with Crippen LogP contribution >= 0.6 is 15.9 Å². The normalized spacial score (nSPS) is 22.1. The Bertz CT molecular complexity index is 1650. The number of rotatable bonds is 5. The topological polar surface area (TPSA) is 128 Å². The van der Waals surface area contributed by atoms with Crippen molar-refractivity contribution in [2.45, 2.75) is 30.1 Å². The van der Waals surface area contributed by atoms with E-state index in [0.717, 1.165) is 35.1 Å². The van der Waals surface area contributed by atoms with Crippen molar-refractivity contribution in [3.8, 4) is 34.1 Å². The number of amides is 1. The van der Waals surface area contributed by atoms with Gasteiger partial charge in [-0.2, -0.15) is 0 Å². The Hall–Kier alpha value is -2.93. The van der Waals surface area contributed by atoms with Crippen LogP contribution in [-0.4, -0.2) is 76.7 Å². The summed E-state index contributed by atoms with van der Waals surface area (Å²) in [5.41, 5.74) is 3.70. The van der Waals surface area contributed by atoms with Gasteiger partial charge < -0.3 is 23.8 Å². The summed E-state index contributed by atoms with van der Waals surface area (Å²) in [5, 5.41) is 10.1. The molecule has 3 aromatic rings. The minimum Gasteiger partial charge on any atom is -0.495 e. The van der Waals surface area contributed by atoms with Gasteiger partial charge in [-0.25, -0.2) is 13.6 Å². The summed E-state index contributed by atoms with van der Waals surface area (Å²) in [7, 11) is 0.369. The molecule has 10 nitrogen and oxygen atoms in total. The quantitative estimate of drug-likeness (QED) is 0.452. The van der Waals surface area contributed by atoms with Gasteiger partial charge in [0.1, 0.15) is 11.4 Å². The van der Waals surface area contributed by atoms with Crippen LogP contribution in [0.5, 0.6) is 11.5 Å². The third-order valence-electron chi connectivity index (χ3n) is 8.66. The molecule has 1 aromatic heterocycles. The van der Waals surface area contributed by atoms with Gasteiger partial charge in [0.25, 0.3) is 5.91 Å². The van der Waals surface area contributed by atoms with Crippen LogP contribution in [0, 0.1) is 5.92 Å². The summed E-state index contributed by atoms with van der Waals surface area (Å²) in [4.78, 5) is 17.6. The first-order valence-electron chi connectivity index (χ1n) is 13.1. The lowest BCUT2D eigenvalue weighted by Crippen LogP contribution is -2.47. The summed E-state index contributed by atoms with van der Waals surface area (Å²) in [6.45, 7) is 4.70. The predicted octanol–water partition coefficient (Wildman–Crippen LogP) is 3.66. The third-order valence-corrected chi connectivity index (χ3v) is 10.1. The number of sulfonamides is 1. The fourth-order valence-electron chi connectivity index (χ4n) is 6.36. The van der Waals surface area contributed by atoms with Crippen LogP contribution in [0.1, 0.15) is 34.8 Å².